The Hall–Kier alpha value is -2.83. The minimum Gasteiger partial charge on any atom is -0.278 e. The zero-order chi connectivity index (χ0) is 15.0. The molecule has 3 rings (SSSR count). The lowest BCUT2D eigenvalue weighted by Crippen LogP contribution is -1.88. The summed E-state index contributed by atoms with van der Waals surface area (Å²) in [6.45, 7) is 0. The Kier molecular flexibility index (Phi) is 4.66. The smallest absolute Gasteiger partial charge is 0.0645 e. The van der Waals surface area contributed by atoms with E-state index in [-0.39, 0.29) is 0 Å². The zero-order valence-electron chi connectivity index (χ0n) is 11.9. The van der Waals surface area contributed by atoms with Crippen LogP contribution < -0.4 is 5.43 Å². The number of thiophene rings is 1. The maximum Gasteiger partial charge on any atom is 0.0645 e. The maximum absolute atomic E-state index is 4.23. The van der Waals surface area contributed by atoms with E-state index in [4.69, 9.17) is 0 Å². The first-order chi connectivity index (χ1) is 10.9. The van der Waals surface area contributed by atoms with Crippen molar-refractivity contribution in [3.8, 4) is 11.8 Å². The van der Waals surface area contributed by atoms with Crippen LogP contribution in [0.25, 0.3) is 0 Å². The highest BCUT2D eigenvalue weighted by atomic mass is 32.1. The van der Waals surface area contributed by atoms with Crippen LogP contribution in [-0.2, 0) is 0 Å². The van der Waals surface area contributed by atoms with E-state index in [1.165, 1.54) is 0 Å². The van der Waals surface area contributed by atoms with Crippen molar-refractivity contribution in [2.24, 2.45) is 5.10 Å². The second-order valence-electron chi connectivity index (χ2n) is 4.59. The van der Waals surface area contributed by atoms with E-state index in [2.05, 4.69) is 22.4 Å². The molecule has 0 saturated heterocycles. The molecule has 0 amide bonds. The van der Waals surface area contributed by atoms with Gasteiger partial charge in [-0.3, -0.25) is 5.43 Å². The second-order valence-corrected chi connectivity index (χ2v) is 5.53. The van der Waals surface area contributed by atoms with Gasteiger partial charge in [0.1, 0.15) is 0 Å². The summed E-state index contributed by atoms with van der Waals surface area (Å²) >= 11 is 1.63. The summed E-state index contributed by atoms with van der Waals surface area (Å²) < 4.78 is 0. The van der Waals surface area contributed by atoms with Gasteiger partial charge >= 0.3 is 0 Å². The van der Waals surface area contributed by atoms with Gasteiger partial charge in [0.15, 0.2) is 0 Å². The Morgan fingerprint density at radius 2 is 1.55 bits per heavy atom. The fraction of sp³-hybridized carbons (Fsp3) is 0. The molecule has 2 nitrogen and oxygen atoms in total. The summed E-state index contributed by atoms with van der Waals surface area (Å²) in [5, 5.41) is 6.27. The Labute approximate surface area is 134 Å². The van der Waals surface area contributed by atoms with Crippen LogP contribution in [0.3, 0.4) is 0 Å². The van der Waals surface area contributed by atoms with E-state index < -0.39 is 0 Å². The third-order valence-electron chi connectivity index (χ3n) is 2.90. The molecule has 0 aliphatic rings. The number of para-hydroxylation sites is 1. The molecular weight excluding hydrogens is 288 g/mol. The van der Waals surface area contributed by atoms with Crippen LogP contribution in [0.1, 0.15) is 16.0 Å². The van der Waals surface area contributed by atoms with Crippen molar-refractivity contribution < 1.29 is 0 Å². The molecule has 22 heavy (non-hydrogen) atoms. The normalized spacial score (nSPS) is 10.2. The number of nitrogens with one attached hydrogen (secondary N) is 1. The molecule has 3 heteroatoms. The molecule has 1 heterocycles. The lowest BCUT2D eigenvalue weighted by atomic mass is 10.2. The number of hydrogen-bond acceptors (Lipinski definition) is 3. The van der Waals surface area contributed by atoms with Crippen LogP contribution in [0.4, 0.5) is 5.69 Å². The molecule has 0 fully saturated rings. The van der Waals surface area contributed by atoms with E-state index in [1.54, 1.807) is 11.3 Å². The van der Waals surface area contributed by atoms with Gasteiger partial charge in [-0.2, -0.15) is 5.10 Å². The molecule has 0 aliphatic carbocycles. The molecule has 1 N–H and O–H groups in total. The maximum atomic E-state index is 4.23. The van der Waals surface area contributed by atoms with Gasteiger partial charge in [0, 0.05) is 21.4 Å². The van der Waals surface area contributed by atoms with E-state index in [9.17, 15) is 0 Å². The van der Waals surface area contributed by atoms with Crippen molar-refractivity contribution in [3.05, 3.63) is 88.1 Å². The molecule has 0 spiro atoms. The molecule has 1 aromatic heterocycles. The number of nitrogens with zero attached hydrogens (tertiary/aromatic N) is 1. The summed E-state index contributed by atoms with van der Waals surface area (Å²) in [4.78, 5) is 1.07. The molecule has 0 atom stereocenters. The van der Waals surface area contributed by atoms with E-state index in [0.717, 1.165) is 21.7 Å². The van der Waals surface area contributed by atoms with Crippen molar-refractivity contribution in [1.29, 1.82) is 0 Å². The third-order valence-corrected chi connectivity index (χ3v) is 3.77. The van der Waals surface area contributed by atoms with Gasteiger partial charge in [0.05, 0.1) is 11.9 Å². The highest BCUT2D eigenvalue weighted by Crippen LogP contribution is 2.12. The SMILES string of the molecule is C(#Cc1csc(/C=N\Nc2ccccc2)c1)c1ccccc1. The predicted octanol–water partition coefficient (Wildman–Crippen LogP) is 4.59. The minimum absolute atomic E-state index is 0.972. The van der Waals surface area contributed by atoms with Crippen LogP contribution >= 0.6 is 11.3 Å². The first-order valence-electron chi connectivity index (χ1n) is 6.90. The molecule has 0 radical (unpaired) electrons. The monoisotopic (exact) mass is 302 g/mol. The Morgan fingerprint density at radius 3 is 2.32 bits per heavy atom. The summed E-state index contributed by atoms with van der Waals surface area (Å²) in [7, 11) is 0. The van der Waals surface area contributed by atoms with Crippen molar-refractivity contribution in [1.82, 2.24) is 0 Å². The van der Waals surface area contributed by atoms with E-state index in [0.29, 0.717) is 0 Å². The highest BCUT2D eigenvalue weighted by molar-refractivity contribution is 7.11. The van der Waals surface area contributed by atoms with Gasteiger partial charge in [-0.15, -0.1) is 11.3 Å². The van der Waals surface area contributed by atoms with Crippen LogP contribution in [0.5, 0.6) is 0 Å². The van der Waals surface area contributed by atoms with Gasteiger partial charge in [-0.25, -0.2) is 0 Å². The number of anilines is 1. The summed E-state index contributed by atoms with van der Waals surface area (Å²) in [6.07, 6.45) is 1.81. The lowest BCUT2D eigenvalue weighted by Gasteiger charge is -1.96. The fourth-order valence-corrected chi connectivity index (χ4v) is 2.53. The van der Waals surface area contributed by atoms with E-state index in [1.807, 2.05) is 78.3 Å². The van der Waals surface area contributed by atoms with Crippen LogP contribution in [-0.4, -0.2) is 6.21 Å². The van der Waals surface area contributed by atoms with Crippen molar-refractivity contribution >= 4 is 23.2 Å². The average molecular weight is 302 g/mol. The van der Waals surface area contributed by atoms with Gasteiger partial charge in [0.25, 0.3) is 0 Å². The van der Waals surface area contributed by atoms with Crippen LogP contribution in [0, 0.1) is 11.8 Å². The third kappa shape index (κ3) is 4.08. The molecule has 2 aromatic carbocycles. The van der Waals surface area contributed by atoms with Crippen LogP contribution in [0.2, 0.25) is 0 Å². The zero-order valence-corrected chi connectivity index (χ0v) is 12.7. The molecule has 0 unspecified atom stereocenters. The number of rotatable bonds is 3. The Bertz CT molecular complexity index is 809. The first-order valence-corrected chi connectivity index (χ1v) is 7.78. The van der Waals surface area contributed by atoms with Gasteiger partial charge < -0.3 is 0 Å². The quantitative estimate of drug-likeness (QED) is 0.427. The van der Waals surface area contributed by atoms with Crippen molar-refractivity contribution in [3.63, 3.8) is 0 Å². The highest BCUT2D eigenvalue weighted by Gasteiger charge is 1.94. The standard InChI is InChI=1S/C19H14N2S/c1-3-7-16(8-4-1)11-12-17-13-19(22-15-17)14-20-21-18-9-5-2-6-10-18/h1-10,13-15,21H/b20-14-. The minimum atomic E-state index is 0.972. The van der Waals surface area contributed by atoms with Crippen molar-refractivity contribution in [2.45, 2.75) is 0 Å². The summed E-state index contributed by atoms with van der Waals surface area (Å²) in [6, 6.07) is 21.9. The van der Waals surface area contributed by atoms with Gasteiger partial charge in [0.2, 0.25) is 0 Å². The number of benzene rings is 2. The molecule has 0 saturated carbocycles. The summed E-state index contributed by atoms with van der Waals surface area (Å²) in [5.41, 5.74) is 6.00. The van der Waals surface area contributed by atoms with Crippen molar-refractivity contribution in [2.75, 3.05) is 5.43 Å². The van der Waals surface area contributed by atoms with E-state index >= 15 is 0 Å². The summed E-state index contributed by atoms with van der Waals surface area (Å²) in [5.74, 6) is 6.32. The molecular formula is C19H14N2S. The largest absolute Gasteiger partial charge is 0.278 e. The molecule has 106 valence electrons. The van der Waals surface area contributed by atoms with Gasteiger partial charge in [-0.1, -0.05) is 48.2 Å². The number of hydrazone groups is 1. The predicted molar refractivity (Wildman–Crippen MR) is 94.4 cm³/mol. The van der Waals surface area contributed by atoms with Crippen LogP contribution in [0.15, 0.2) is 77.2 Å². The second kappa shape index (κ2) is 7.26. The first kappa shape index (κ1) is 14.1. The Morgan fingerprint density at radius 1 is 0.864 bits per heavy atom. The topological polar surface area (TPSA) is 24.4 Å². The fourth-order valence-electron chi connectivity index (χ4n) is 1.84. The average Bonchev–Trinajstić information content (AvgIpc) is 3.03. The number of hydrogen-bond donors (Lipinski definition) is 1. The Balaban J connectivity index is 1.63. The molecule has 0 bridgehead atoms. The van der Waals surface area contributed by atoms with Gasteiger partial charge in [-0.05, 0) is 30.3 Å². The molecule has 0 aliphatic heterocycles. The lowest BCUT2D eigenvalue weighted by molar-refractivity contribution is 1.35. The molecule has 3 aromatic rings.